The van der Waals surface area contributed by atoms with Crippen LogP contribution in [0.2, 0.25) is 0 Å². The molecule has 0 heterocycles. The fraction of sp³-hybridized carbons (Fsp3) is 0.571. The van der Waals surface area contributed by atoms with Gasteiger partial charge < -0.3 is 10.1 Å². The van der Waals surface area contributed by atoms with Gasteiger partial charge in [-0.2, -0.15) is 0 Å². The van der Waals surface area contributed by atoms with Crippen LogP contribution in [0.15, 0.2) is 29.2 Å². The average molecular weight is 253 g/mol. The molecule has 1 rings (SSSR count). The predicted molar refractivity (Wildman–Crippen MR) is 76.0 cm³/mol. The molecule has 0 saturated carbocycles. The van der Waals surface area contributed by atoms with Gasteiger partial charge in [-0.1, -0.05) is 26.8 Å². The highest BCUT2D eigenvalue weighted by molar-refractivity contribution is 7.99. The Bertz CT molecular complexity index is 328. The second kappa shape index (κ2) is 7.62. The van der Waals surface area contributed by atoms with Crippen molar-refractivity contribution in [2.45, 2.75) is 31.7 Å². The van der Waals surface area contributed by atoms with E-state index in [2.05, 4.69) is 38.2 Å². The average Bonchev–Trinajstić information content (AvgIpc) is 2.34. The molecule has 1 N–H and O–H groups in total. The zero-order chi connectivity index (χ0) is 12.7. The molecular formula is C14H23NOS. The number of hydrogen-bond acceptors (Lipinski definition) is 3. The molecule has 1 atom stereocenters. The molecule has 1 aromatic carbocycles. The molecule has 0 saturated heterocycles. The Morgan fingerprint density at radius 2 is 2.06 bits per heavy atom. The van der Waals surface area contributed by atoms with Gasteiger partial charge in [0.15, 0.2) is 0 Å². The van der Waals surface area contributed by atoms with Crippen molar-refractivity contribution in [2.24, 2.45) is 5.92 Å². The van der Waals surface area contributed by atoms with Crippen molar-refractivity contribution < 1.29 is 4.74 Å². The van der Waals surface area contributed by atoms with E-state index in [-0.39, 0.29) is 0 Å². The van der Waals surface area contributed by atoms with Gasteiger partial charge in [0.2, 0.25) is 0 Å². The first-order valence-corrected chi connectivity index (χ1v) is 7.10. The summed E-state index contributed by atoms with van der Waals surface area (Å²) < 4.78 is 5.21. The van der Waals surface area contributed by atoms with Crippen molar-refractivity contribution in [1.29, 1.82) is 0 Å². The molecular weight excluding hydrogens is 230 g/mol. The van der Waals surface area contributed by atoms with Gasteiger partial charge in [-0.3, -0.25) is 0 Å². The Morgan fingerprint density at radius 3 is 2.71 bits per heavy atom. The van der Waals surface area contributed by atoms with E-state index in [9.17, 15) is 0 Å². The summed E-state index contributed by atoms with van der Waals surface area (Å²) in [7, 11) is 1.71. The fourth-order valence-corrected chi connectivity index (χ4v) is 2.39. The monoisotopic (exact) mass is 253 g/mol. The standard InChI is InChI=1S/C14H23NOS/c1-11(2)15-9-12(3)10-17-14-7-5-6-13(8-14)16-4/h5-8,11-12,15H,9-10H2,1-4H3. The molecule has 0 amide bonds. The molecule has 0 radical (unpaired) electrons. The zero-order valence-corrected chi connectivity index (χ0v) is 12.0. The van der Waals surface area contributed by atoms with Crippen LogP contribution in [0.4, 0.5) is 0 Å². The Kier molecular flexibility index (Phi) is 6.45. The molecule has 0 aliphatic rings. The lowest BCUT2D eigenvalue weighted by Gasteiger charge is -2.14. The van der Waals surface area contributed by atoms with E-state index in [1.165, 1.54) is 4.90 Å². The summed E-state index contributed by atoms with van der Waals surface area (Å²) in [6, 6.07) is 8.81. The van der Waals surface area contributed by atoms with Crippen LogP contribution in [0.5, 0.6) is 5.75 Å². The van der Waals surface area contributed by atoms with Crippen molar-refractivity contribution >= 4 is 11.8 Å². The summed E-state index contributed by atoms with van der Waals surface area (Å²) in [6.07, 6.45) is 0. The molecule has 1 aromatic rings. The molecule has 96 valence electrons. The number of thioether (sulfide) groups is 1. The number of rotatable bonds is 7. The van der Waals surface area contributed by atoms with Crippen molar-refractivity contribution in [3.05, 3.63) is 24.3 Å². The van der Waals surface area contributed by atoms with Crippen LogP contribution < -0.4 is 10.1 Å². The van der Waals surface area contributed by atoms with E-state index in [1.54, 1.807) is 7.11 Å². The fourth-order valence-electron chi connectivity index (χ4n) is 1.43. The van der Waals surface area contributed by atoms with Crippen LogP contribution in [0, 0.1) is 5.92 Å². The number of ether oxygens (including phenoxy) is 1. The second-order valence-electron chi connectivity index (χ2n) is 4.66. The van der Waals surface area contributed by atoms with E-state index in [0.717, 1.165) is 18.0 Å². The minimum atomic E-state index is 0.569. The normalized spacial score (nSPS) is 12.8. The van der Waals surface area contributed by atoms with Crippen molar-refractivity contribution in [3.8, 4) is 5.75 Å². The Hall–Kier alpha value is -0.670. The quantitative estimate of drug-likeness (QED) is 0.752. The number of nitrogens with one attached hydrogen (secondary N) is 1. The van der Waals surface area contributed by atoms with E-state index >= 15 is 0 Å². The SMILES string of the molecule is COc1cccc(SCC(C)CNC(C)C)c1. The van der Waals surface area contributed by atoms with E-state index in [4.69, 9.17) is 4.74 Å². The first-order valence-electron chi connectivity index (χ1n) is 6.12. The molecule has 0 aromatic heterocycles. The molecule has 3 heteroatoms. The molecule has 17 heavy (non-hydrogen) atoms. The van der Waals surface area contributed by atoms with Gasteiger partial charge in [-0.25, -0.2) is 0 Å². The Morgan fingerprint density at radius 1 is 1.29 bits per heavy atom. The first-order chi connectivity index (χ1) is 8.11. The molecule has 0 spiro atoms. The highest BCUT2D eigenvalue weighted by atomic mass is 32.2. The van der Waals surface area contributed by atoms with Gasteiger partial charge in [-0.05, 0) is 30.7 Å². The summed E-state index contributed by atoms with van der Waals surface area (Å²) in [5.74, 6) is 2.74. The van der Waals surface area contributed by atoms with Crippen LogP contribution in [0.25, 0.3) is 0 Å². The third kappa shape index (κ3) is 5.99. The van der Waals surface area contributed by atoms with E-state index in [0.29, 0.717) is 12.0 Å². The maximum atomic E-state index is 5.21. The number of benzene rings is 1. The van der Waals surface area contributed by atoms with Crippen molar-refractivity contribution in [1.82, 2.24) is 5.32 Å². The molecule has 0 aliphatic heterocycles. The van der Waals surface area contributed by atoms with Crippen molar-refractivity contribution in [3.63, 3.8) is 0 Å². The molecule has 0 fully saturated rings. The van der Waals surface area contributed by atoms with Gasteiger partial charge >= 0.3 is 0 Å². The van der Waals surface area contributed by atoms with E-state index in [1.807, 2.05) is 23.9 Å². The minimum Gasteiger partial charge on any atom is -0.497 e. The minimum absolute atomic E-state index is 0.569. The predicted octanol–water partition coefficient (Wildman–Crippen LogP) is 3.42. The largest absolute Gasteiger partial charge is 0.497 e. The molecule has 0 bridgehead atoms. The lowest BCUT2D eigenvalue weighted by atomic mass is 10.2. The van der Waals surface area contributed by atoms with Crippen LogP contribution in [0.3, 0.4) is 0 Å². The van der Waals surface area contributed by atoms with Crippen molar-refractivity contribution in [2.75, 3.05) is 19.4 Å². The van der Waals surface area contributed by atoms with Crippen LogP contribution in [0.1, 0.15) is 20.8 Å². The smallest absolute Gasteiger partial charge is 0.119 e. The summed E-state index contributed by atoms with van der Waals surface area (Å²) in [4.78, 5) is 1.28. The molecule has 2 nitrogen and oxygen atoms in total. The Labute approximate surface area is 109 Å². The van der Waals surface area contributed by atoms with Gasteiger partial charge in [0.25, 0.3) is 0 Å². The lowest BCUT2D eigenvalue weighted by Crippen LogP contribution is -2.28. The zero-order valence-electron chi connectivity index (χ0n) is 11.2. The summed E-state index contributed by atoms with van der Waals surface area (Å²) >= 11 is 1.89. The highest BCUT2D eigenvalue weighted by Crippen LogP contribution is 2.24. The van der Waals surface area contributed by atoms with E-state index < -0.39 is 0 Å². The third-order valence-electron chi connectivity index (χ3n) is 2.45. The summed E-state index contributed by atoms with van der Waals surface area (Å²) in [5.41, 5.74) is 0. The topological polar surface area (TPSA) is 21.3 Å². The van der Waals surface area contributed by atoms with Gasteiger partial charge in [0.1, 0.15) is 5.75 Å². The van der Waals surface area contributed by atoms with Crippen LogP contribution in [-0.2, 0) is 0 Å². The molecule has 1 unspecified atom stereocenters. The highest BCUT2D eigenvalue weighted by Gasteiger charge is 2.04. The van der Waals surface area contributed by atoms with Gasteiger partial charge in [-0.15, -0.1) is 11.8 Å². The van der Waals surface area contributed by atoms with Crippen LogP contribution >= 0.6 is 11.8 Å². The number of hydrogen-bond donors (Lipinski definition) is 1. The summed E-state index contributed by atoms with van der Waals surface area (Å²) in [5, 5.41) is 3.47. The molecule has 0 aliphatic carbocycles. The maximum absolute atomic E-state index is 5.21. The summed E-state index contributed by atoms with van der Waals surface area (Å²) in [6.45, 7) is 7.72. The van der Waals surface area contributed by atoms with Crippen LogP contribution in [-0.4, -0.2) is 25.4 Å². The maximum Gasteiger partial charge on any atom is 0.119 e. The van der Waals surface area contributed by atoms with Gasteiger partial charge in [0.05, 0.1) is 7.11 Å². The third-order valence-corrected chi connectivity index (χ3v) is 3.77. The second-order valence-corrected chi connectivity index (χ2v) is 5.75. The Balaban J connectivity index is 2.33. The first kappa shape index (κ1) is 14.4. The van der Waals surface area contributed by atoms with Gasteiger partial charge in [0, 0.05) is 16.7 Å². The lowest BCUT2D eigenvalue weighted by molar-refractivity contribution is 0.413. The number of methoxy groups -OCH3 is 1.